The minimum absolute atomic E-state index is 0.0521. The smallest absolute Gasteiger partial charge is 0.154 e. The number of rotatable bonds is 5. The van der Waals surface area contributed by atoms with Crippen LogP contribution in [0.1, 0.15) is 18.4 Å². The summed E-state index contributed by atoms with van der Waals surface area (Å²) in [5, 5.41) is 9.55. The van der Waals surface area contributed by atoms with Crippen LogP contribution in [0.5, 0.6) is 0 Å². The molecule has 0 saturated heterocycles. The molecule has 0 radical (unpaired) electrons. The highest BCUT2D eigenvalue weighted by molar-refractivity contribution is 7.92. The molecular formula is C13H18ClNO3S. The Hall–Kier alpha value is -0.620. The molecule has 0 unspecified atom stereocenters. The summed E-state index contributed by atoms with van der Waals surface area (Å²) >= 11 is 5.95. The second-order valence-corrected chi connectivity index (χ2v) is 7.85. The average molecular weight is 304 g/mol. The summed E-state index contributed by atoms with van der Waals surface area (Å²) in [7, 11) is -3.25. The second-order valence-electron chi connectivity index (χ2n) is 5.00. The van der Waals surface area contributed by atoms with E-state index in [1.807, 2.05) is 6.07 Å². The number of aliphatic hydroxyl groups excluding tert-OH is 1. The number of aliphatic hydroxyl groups is 1. The van der Waals surface area contributed by atoms with Gasteiger partial charge in [0.1, 0.15) is 0 Å². The van der Waals surface area contributed by atoms with Crippen molar-refractivity contribution in [3.63, 3.8) is 0 Å². The molecule has 1 aliphatic carbocycles. The third-order valence-corrected chi connectivity index (χ3v) is 6.61. The predicted octanol–water partition coefficient (Wildman–Crippen LogP) is 1.18. The Balaban J connectivity index is 2.45. The number of hydrogen-bond acceptors (Lipinski definition) is 4. The quantitative estimate of drug-likeness (QED) is 0.856. The molecule has 1 saturated carbocycles. The van der Waals surface area contributed by atoms with Crippen molar-refractivity contribution in [3.05, 3.63) is 34.9 Å². The van der Waals surface area contributed by atoms with Gasteiger partial charge in [-0.15, -0.1) is 0 Å². The largest absolute Gasteiger partial charge is 0.396 e. The Morgan fingerprint density at radius 3 is 2.63 bits per heavy atom. The lowest BCUT2D eigenvalue weighted by atomic mass is 10.0. The molecule has 0 aliphatic heterocycles. The van der Waals surface area contributed by atoms with Gasteiger partial charge in [0, 0.05) is 28.7 Å². The lowest BCUT2D eigenvalue weighted by molar-refractivity contribution is 0.212. The van der Waals surface area contributed by atoms with Gasteiger partial charge >= 0.3 is 0 Å². The fourth-order valence-corrected chi connectivity index (χ4v) is 5.26. The van der Waals surface area contributed by atoms with Crippen LogP contribution < -0.4 is 5.73 Å². The molecule has 0 bridgehead atoms. The van der Waals surface area contributed by atoms with Gasteiger partial charge in [-0.3, -0.25) is 0 Å². The van der Waals surface area contributed by atoms with E-state index >= 15 is 0 Å². The number of sulfone groups is 1. The highest BCUT2D eigenvalue weighted by atomic mass is 35.5. The van der Waals surface area contributed by atoms with E-state index in [1.165, 1.54) is 0 Å². The minimum Gasteiger partial charge on any atom is -0.396 e. The Morgan fingerprint density at radius 2 is 2.16 bits per heavy atom. The Bertz CT molecular complexity index is 569. The molecule has 0 amide bonds. The van der Waals surface area contributed by atoms with Gasteiger partial charge in [-0.05, 0) is 17.7 Å². The summed E-state index contributed by atoms with van der Waals surface area (Å²) in [5.74, 6) is -0.220. The van der Waals surface area contributed by atoms with E-state index in [9.17, 15) is 13.5 Å². The Morgan fingerprint density at radius 1 is 1.47 bits per heavy atom. The topological polar surface area (TPSA) is 80.4 Å². The zero-order valence-corrected chi connectivity index (χ0v) is 12.3. The number of benzene rings is 1. The fraction of sp³-hybridized carbons (Fsp3) is 0.538. The van der Waals surface area contributed by atoms with E-state index in [-0.39, 0.29) is 24.8 Å². The first-order valence-electron chi connectivity index (χ1n) is 6.21. The Labute approximate surface area is 118 Å². The monoisotopic (exact) mass is 303 g/mol. The third-order valence-electron chi connectivity index (χ3n) is 4.05. The fourth-order valence-electron chi connectivity index (χ4n) is 2.90. The molecule has 106 valence electrons. The molecule has 6 heteroatoms. The average Bonchev–Trinajstić information content (AvgIpc) is 3.09. The lowest BCUT2D eigenvalue weighted by Gasteiger charge is -2.11. The van der Waals surface area contributed by atoms with Gasteiger partial charge in [-0.1, -0.05) is 30.7 Å². The van der Waals surface area contributed by atoms with Crippen LogP contribution in [-0.4, -0.2) is 37.7 Å². The lowest BCUT2D eigenvalue weighted by Crippen LogP contribution is -2.28. The van der Waals surface area contributed by atoms with Gasteiger partial charge in [0.15, 0.2) is 9.84 Å². The van der Waals surface area contributed by atoms with Crippen LogP contribution in [0.3, 0.4) is 0 Å². The maximum atomic E-state index is 12.2. The molecule has 3 atom stereocenters. The van der Waals surface area contributed by atoms with Gasteiger partial charge in [-0.25, -0.2) is 8.42 Å². The van der Waals surface area contributed by atoms with Crippen molar-refractivity contribution in [2.45, 2.75) is 18.1 Å². The van der Waals surface area contributed by atoms with Crippen LogP contribution in [-0.2, 0) is 9.84 Å². The molecule has 1 aromatic carbocycles. The van der Waals surface area contributed by atoms with Gasteiger partial charge in [0.2, 0.25) is 0 Å². The molecule has 1 aromatic rings. The van der Waals surface area contributed by atoms with E-state index in [4.69, 9.17) is 17.3 Å². The molecule has 4 nitrogen and oxygen atoms in total. The van der Waals surface area contributed by atoms with Crippen molar-refractivity contribution < 1.29 is 13.5 Å². The van der Waals surface area contributed by atoms with Crippen molar-refractivity contribution in [3.8, 4) is 0 Å². The van der Waals surface area contributed by atoms with E-state index in [2.05, 4.69) is 0 Å². The SMILES string of the molecule is CCS(=O)(=O)[C@@H]1[C@H](c2cccc(Cl)c2)[C@]1(CN)CO. The van der Waals surface area contributed by atoms with Crippen molar-refractivity contribution in [1.29, 1.82) is 0 Å². The van der Waals surface area contributed by atoms with Gasteiger partial charge in [-0.2, -0.15) is 0 Å². The zero-order chi connectivity index (χ0) is 14.3. The van der Waals surface area contributed by atoms with Crippen LogP contribution in [0.25, 0.3) is 0 Å². The summed E-state index contributed by atoms with van der Waals surface area (Å²) in [6.45, 7) is 1.52. The number of nitrogens with two attached hydrogens (primary N) is 1. The molecule has 0 aromatic heterocycles. The molecule has 0 heterocycles. The summed E-state index contributed by atoms with van der Waals surface area (Å²) in [6, 6.07) is 7.10. The first-order chi connectivity index (χ1) is 8.93. The minimum atomic E-state index is -3.25. The first-order valence-corrected chi connectivity index (χ1v) is 8.30. The summed E-state index contributed by atoms with van der Waals surface area (Å²) in [6.07, 6.45) is 0. The van der Waals surface area contributed by atoms with Crippen LogP contribution >= 0.6 is 11.6 Å². The normalized spacial score (nSPS) is 30.3. The van der Waals surface area contributed by atoms with Crippen molar-refractivity contribution in [1.82, 2.24) is 0 Å². The second kappa shape index (κ2) is 5.05. The maximum Gasteiger partial charge on any atom is 0.154 e. The van der Waals surface area contributed by atoms with Crippen molar-refractivity contribution in [2.24, 2.45) is 11.1 Å². The molecule has 3 N–H and O–H groups in total. The third kappa shape index (κ3) is 2.29. The number of halogens is 1. The first kappa shape index (κ1) is 14.8. The van der Waals surface area contributed by atoms with Crippen molar-refractivity contribution in [2.75, 3.05) is 18.9 Å². The molecule has 1 aliphatic rings. The van der Waals surface area contributed by atoms with E-state index in [0.717, 1.165) is 5.56 Å². The van der Waals surface area contributed by atoms with Crippen molar-refractivity contribution >= 4 is 21.4 Å². The Kier molecular flexibility index (Phi) is 3.93. The van der Waals surface area contributed by atoms with Crippen LogP contribution in [0, 0.1) is 5.41 Å². The van der Waals surface area contributed by atoms with Crippen LogP contribution in [0.15, 0.2) is 24.3 Å². The molecule has 19 heavy (non-hydrogen) atoms. The predicted molar refractivity (Wildman–Crippen MR) is 76.0 cm³/mol. The van der Waals surface area contributed by atoms with Gasteiger partial charge in [0.05, 0.1) is 11.9 Å². The summed E-state index contributed by atoms with van der Waals surface area (Å²) in [4.78, 5) is 0. The molecule has 0 spiro atoms. The highest BCUT2D eigenvalue weighted by Gasteiger charge is 2.69. The van der Waals surface area contributed by atoms with E-state index < -0.39 is 20.5 Å². The van der Waals surface area contributed by atoms with Gasteiger partial charge in [0.25, 0.3) is 0 Å². The maximum absolute atomic E-state index is 12.2. The van der Waals surface area contributed by atoms with E-state index in [1.54, 1.807) is 25.1 Å². The molecule has 2 rings (SSSR count). The molecule has 1 fully saturated rings. The van der Waals surface area contributed by atoms with Crippen LogP contribution in [0.2, 0.25) is 5.02 Å². The van der Waals surface area contributed by atoms with E-state index in [0.29, 0.717) is 5.02 Å². The van der Waals surface area contributed by atoms with Gasteiger partial charge < -0.3 is 10.8 Å². The zero-order valence-electron chi connectivity index (χ0n) is 10.7. The number of hydrogen-bond donors (Lipinski definition) is 2. The highest BCUT2D eigenvalue weighted by Crippen LogP contribution is 2.62. The standard InChI is InChI=1S/C13H18ClNO3S/c1-2-19(17,18)12-11(13(12,7-15)8-16)9-4-3-5-10(14)6-9/h3-6,11-12,16H,2,7-8,15H2,1H3/t11-,12+,13-/m0/s1. The summed E-state index contributed by atoms with van der Waals surface area (Å²) < 4.78 is 24.3. The molecular weight excluding hydrogens is 286 g/mol. The van der Waals surface area contributed by atoms with Crippen LogP contribution in [0.4, 0.5) is 0 Å². The summed E-state index contributed by atoms with van der Waals surface area (Å²) in [5.41, 5.74) is 5.79.